The highest BCUT2D eigenvalue weighted by atomic mass is 16.5. The van der Waals surface area contributed by atoms with Gasteiger partial charge in [-0.15, -0.1) is 0 Å². The molecule has 140 valence electrons. The molecular formula is C18H25N5O3. The molecule has 1 atom stereocenters. The Morgan fingerprint density at radius 3 is 2.58 bits per heavy atom. The number of anilines is 1. The van der Waals surface area contributed by atoms with Crippen LogP contribution in [0, 0.1) is 13.8 Å². The molecule has 26 heavy (non-hydrogen) atoms. The van der Waals surface area contributed by atoms with Crippen molar-refractivity contribution in [2.45, 2.75) is 33.4 Å². The summed E-state index contributed by atoms with van der Waals surface area (Å²) < 4.78 is 7.10. The van der Waals surface area contributed by atoms with Crippen molar-refractivity contribution >= 4 is 17.6 Å². The van der Waals surface area contributed by atoms with E-state index in [2.05, 4.69) is 21.0 Å². The van der Waals surface area contributed by atoms with Gasteiger partial charge >= 0.3 is 6.03 Å². The van der Waals surface area contributed by atoms with Gasteiger partial charge in [-0.25, -0.2) is 4.79 Å². The van der Waals surface area contributed by atoms with Crippen molar-refractivity contribution in [1.29, 1.82) is 0 Å². The summed E-state index contributed by atoms with van der Waals surface area (Å²) in [5, 5.41) is 12.5. The molecule has 3 N–H and O–H groups in total. The van der Waals surface area contributed by atoms with Crippen molar-refractivity contribution in [3.05, 3.63) is 41.2 Å². The Bertz CT molecular complexity index is 800. The number of benzene rings is 1. The number of nitrogens with zero attached hydrogens (tertiary/aromatic N) is 2. The zero-order valence-electron chi connectivity index (χ0n) is 15.7. The maximum Gasteiger partial charge on any atom is 0.319 e. The van der Waals surface area contributed by atoms with Crippen molar-refractivity contribution in [3.8, 4) is 5.75 Å². The lowest BCUT2D eigenvalue weighted by Crippen LogP contribution is -2.39. The molecule has 0 aliphatic carbocycles. The van der Waals surface area contributed by atoms with Crippen LogP contribution in [0.1, 0.15) is 28.7 Å². The van der Waals surface area contributed by atoms with Gasteiger partial charge in [-0.05, 0) is 45.0 Å². The topological polar surface area (TPSA) is 97.3 Å². The van der Waals surface area contributed by atoms with Gasteiger partial charge in [0, 0.05) is 24.3 Å². The number of aromatic nitrogens is 2. The Hall–Kier alpha value is -3.03. The van der Waals surface area contributed by atoms with E-state index in [1.807, 2.05) is 31.5 Å². The quantitative estimate of drug-likeness (QED) is 0.735. The van der Waals surface area contributed by atoms with Crippen LogP contribution in [0.3, 0.4) is 0 Å². The Labute approximate surface area is 152 Å². The van der Waals surface area contributed by atoms with Gasteiger partial charge < -0.3 is 20.7 Å². The lowest BCUT2D eigenvalue weighted by atomic mass is 10.1. The molecular weight excluding hydrogens is 334 g/mol. The van der Waals surface area contributed by atoms with E-state index in [1.54, 1.807) is 25.2 Å². The van der Waals surface area contributed by atoms with Crippen LogP contribution < -0.4 is 20.7 Å². The Morgan fingerprint density at radius 1 is 1.27 bits per heavy atom. The van der Waals surface area contributed by atoms with E-state index in [1.165, 1.54) is 7.11 Å². The minimum Gasteiger partial charge on any atom is -0.495 e. The molecule has 2 aromatic rings. The molecule has 0 fully saturated rings. The highest BCUT2D eigenvalue weighted by Gasteiger charge is 2.14. The number of methoxy groups -OCH3 is 1. The first-order chi connectivity index (χ1) is 12.3. The van der Waals surface area contributed by atoms with Gasteiger partial charge in [-0.3, -0.25) is 9.48 Å². The molecule has 1 heterocycles. The Morgan fingerprint density at radius 2 is 2.00 bits per heavy atom. The Balaban J connectivity index is 2.04. The lowest BCUT2D eigenvalue weighted by Gasteiger charge is -2.17. The summed E-state index contributed by atoms with van der Waals surface area (Å²) >= 11 is 0. The average molecular weight is 359 g/mol. The normalized spacial score (nSPS) is 11.6. The van der Waals surface area contributed by atoms with Crippen LogP contribution in [-0.2, 0) is 6.54 Å². The molecule has 1 aromatic carbocycles. The second-order valence-electron chi connectivity index (χ2n) is 6.10. The van der Waals surface area contributed by atoms with Crippen LogP contribution in [0.4, 0.5) is 10.5 Å². The van der Waals surface area contributed by atoms with E-state index in [9.17, 15) is 9.59 Å². The van der Waals surface area contributed by atoms with Gasteiger partial charge in [0.25, 0.3) is 5.91 Å². The van der Waals surface area contributed by atoms with Gasteiger partial charge in [-0.1, -0.05) is 0 Å². The molecule has 8 nitrogen and oxygen atoms in total. The standard InChI is InChI=1S/C18H25N5O3/c1-11-8-13(3)23(22-11)10-12(2)20-18(25)21-15-9-14(17(24)19-4)6-7-16(15)26-5/h6-9,12H,10H2,1-5H3,(H,19,24)(H2,20,21,25)/t12-/m0/s1. The number of hydrogen-bond acceptors (Lipinski definition) is 4. The minimum absolute atomic E-state index is 0.138. The van der Waals surface area contributed by atoms with Crippen LogP contribution in [-0.4, -0.2) is 41.9 Å². The number of rotatable bonds is 6. The first kappa shape index (κ1) is 19.3. The monoisotopic (exact) mass is 359 g/mol. The van der Waals surface area contributed by atoms with E-state index in [4.69, 9.17) is 4.74 Å². The predicted octanol–water partition coefficient (Wildman–Crippen LogP) is 2.08. The highest BCUT2D eigenvalue weighted by Crippen LogP contribution is 2.25. The molecule has 0 aliphatic rings. The molecule has 0 saturated heterocycles. The van der Waals surface area contributed by atoms with Gasteiger partial charge in [0.1, 0.15) is 5.75 Å². The third-order valence-corrected chi connectivity index (χ3v) is 3.86. The van der Waals surface area contributed by atoms with E-state index in [0.29, 0.717) is 23.5 Å². The number of aryl methyl sites for hydroxylation is 2. The first-order valence-electron chi connectivity index (χ1n) is 8.32. The van der Waals surface area contributed by atoms with Gasteiger partial charge in [0.15, 0.2) is 0 Å². The summed E-state index contributed by atoms with van der Waals surface area (Å²) in [6, 6.07) is 6.31. The van der Waals surface area contributed by atoms with Crippen LogP contribution in [0.2, 0.25) is 0 Å². The lowest BCUT2D eigenvalue weighted by molar-refractivity contribution is 0.0963. The molecule has 8 heteroatoms. The smallest absolute Gasteiger partial charge is 0.319 e. The van der Waals surface area contributed by atoms with Crippen LogP contribution in [0.15, 0.2) is 24.3 Å². The van der Waals surface area contributed by atoms with Crippen molar-refractivity contribution in [2.24, 2.45) is 0 Å². The van der Waals surface area contributed by atoms with Crippen molar-refractivity contribution < 1.29 is 14.3 Å². The Kier molecular flexibility index (Phi) is 6.21. The van der Waals surface area contributed by atoms with Gasteiger partial charge in [0.05, 0.1) is 25.0 Å². The van der Waals surface area contributed by atoms with Crippen LogP contribution in [0.25, 0.3) is 0 Å². The average Bonchev–Trinajstić information content (AvgIpc) is 2.90. The maximum absolute atomic E-state index is 12.3. The summed E-state index contributed by atoms with van der Waals surface area (Å²) in [6.45, 7) is 6.36. The summed E-state index contributed by atoms with van der Waals surface area (Å²) in [6.07, 6.45) is 0. The molecule has 0 bridgehead atoms. The zero-order chi connectivity index (χ0) is 19.3. The number of nitrogens with one attached hydrogen (secondary N) is 3. The number of carbonyl (C=O) groups excluding carboxylic acids is 2. The number of urea groups is 1. The number of ether oxygens (including phenoxy) is 1. The van der Waals surface area contributed by atoms with Crippen molar-refractivity contribution in [1.82, 2.24) is 20.4 Å². The summed E-state index contributed by atoms with van der Waals surface area (Å²) in [4.78, 5) is 24.1. The fourth-order valence-corrected chi connectivity index (χ4v) is 2.64. The fraction of sp³-hybridized carbons (Fsp3) is 0.389. The molecule has 3 amide bonds. The SMILES string of the molecule is CNC(=O)c1ccc(OC)c(NC(=O)N[C@@H](C)Cn2nc(C)cc2C)c1. The van der Waals surface area contributed by atoms with Crippen LogP contribution >= 0.6 is 0 Å². The number of amides is 3. The second kappa shape index (κ2) is 8.37. The number of carbonyl (C=O) groups is 2. The third kappa shape index (κ3) is 4.75. The molecule has 2 rings (SSSR count). The van der Waals surface area contributed by atoms with Gasteiger partial charge in [0.2, 0.25) is 0 Å². The molecule has 0 unspecified atom stereocenters. The fourth-order valence-electron chi connectivity index (χ4n) is 2.64. The second-order valence-corrected chi connectivity index (χ2v) is 6.10. The van der Waals surface area contributed by atoms with E-state index in [-0.39, 0.29) is 18.0 Å². The molecule has 0 saturated carbocycles. The summed E-state index contributed by atoms with van der Waals surface area (Å²) in [7, 11) is 3.05. The van der Waals surface area contributed by atoms with E-state index >= 15 is 0 Å². The number of hydrogen-bond donors (Lipinski definition) is 3. The predicted molar refractivity (Wildman–Crippen MR) is 99.7 cm³/mol. The van der Waals surface area contributed by atoms with Crippen molar-refractivity contribution in [2.75, 3.05) is 19.5 Å². The minimum atomic E-state index is -0.383. The summed E-state index contributed by atoms with van der Waals surface area (Å²) in [5.74, 6) is 0.230. The third-order valence-electron chi connectivity index (χ3n) is 3.86. The zero-order valence-corrected chi connectivity index (χ0v) is 15.7. The summed E-state index contributed by atoms with van der Waals surface area (Å²) in [5.41, 5.74) is 2.83. The first-order valence-corrected chi connectivity index (χ1v) is 8.32. The highest BCUT2D eigenvalue weighted by molar-refractivity contribution is 5.97. The maximum atomic E-state index is 12.3. The van der Waals surface area contributed by atoms with E-state index < -0.39 is 0 Å². The molecule has 0 spiro atoms. The van der Waals surface area contributed by atoms with E-state index in [0.717, 1.165) is 11.4 Å². The molecule has 0 radical (unpaired) electrons. The van der Waals surface area contributed by atoms with Crippen molar-refractivity contribution in [3.63, 3.8) is 0 Å². The van der Waals surface area contributed by atoms with Gasteiger partial charge in [-0.2, -0.15) is 5.10 Å². The molecule has 0 aliphatic heterocycles. The largest absolute Gasteiger partial charge is 0.495 e. The van der Waals surface area contributed by atoms with Crippen LogP contribution in [0.5, 0.6) is 5.75 Å². The molecule has 1 aromatic heterocycles.